The maximum absolute atomic E-state index is 12.7. The Morgan fingerprint density at radius 3 is 2.75 bits per heavy atom. The van der Waals surface area contributed by atoms with E-state index in [1.807, 2.05) is 30.3 Å². The van der Waals surface area contributed by atoms with Gasteiger partial charge in [-0.2, -0.15) is 14.9 Å². The number of rotatable bonds is 5. The van der Waals surface area contributed by atoms with Crippen LogP contribution in [-0.4, -0.2) is 42.4 Å². The predicted octanol–water partition coefficient (Wildman–Crippen LogP) is 1.60. The summed E-state index contributed by atoms with van der Waals surface area (Å²) in [6.07, 6.45) is 4.36. The molecule has 0 aliphatic heterocycles. The highest BCUT2D eigenvalue weighted by Crippen LogP contribution is 2.22. The quantitative estimate of drug-likeness (QED) is 0.728. The van der Waals surface area contributed by atoms with E-state index in [1.165, 1.54) is 26.9 Å². The second-order valence-corrected chi connectivity index (χ2v) is 7.25. The third-order valence-corrected chi connectivity index (χ3v) is 5.30. The molecule has 3 aromatic rings. The second-order valence-electron chi connectivity index (χ2n) is 7.25. The Balaban J connectivity index is 1.50. The topological polar surface area (TPSA) is 88.8 Å². The zero-order valence-electron chi connectivity index (χ0n) is 16.2. The summed E-state index contributed by atoms with van der Waals surface area (Å²) in [6, 6.07) is 9.20. The van der Waals surface area contributed by atoms with Gasteiger partial charge in [0.25, 0.3) is 0 Å². The lowest BCUT2D eigenvalue weighted by Crippen LogP contribution is -2.34. The molecular weight excluding hydrogens is 356 g/mol. The first-order chi connectivity index (χ1) is 13.5. The van der Waals surface area contributed by atoms with E-state index < -0.39 is 0 Å². The molecule has 2 aromatic heterocycles. The molecule has 8 heteroatoms. The van der Waals surface area contributed by atoms with E-state index in [9.17, 15) is 9.59 Å². The molecule has 1 aromatic carbocycles. The van der Waals surface area contributed by atoms with Crippen molar-refractivity contribution < 1.29 is 4.79 Å². The van der Waals surface area contributed by atoms with Gasteiger partial charge in [-0.15, -0.1) is 0 Å². The average Bonchev–Trinajstić information content (AvgIpc) is 3.24. The Kier molecular flexibility index (Phi) is 4.85. The largest absolute Gasteiger partial charge is 0.351 e. The van der Waals surface area contributed by atoms with Gasteiger partial charge in [0.2, 0.25) is 5.91 Å². The predicted molar refractivity (Wildman–Crippen MR) is 104 cm³/mol. The smallest absolute Gasteiger partial charge is 0.338 e. The number of hydrogen-bond acceptors (Lipinski definition) is 4. The van der Waals surface area contributed by atoms with Crippen LogP contribution >= 0.6 is 0 Å². The number of carbonyl (C=O) groups is 1. The van der Waals surface area contributed by atoms with Gasteiger partial charge in [-0.3, -0.25) is 14.5 Å². The number of aromatic nitrogens is 5. The first-order valence-corrected chi connectivity index (χ1v) is 9.55. The van der Waals surface area contributed by atoms with Crippen molar-refractivity contribution in [1.82, 2.24) is 29.4 Å². The van der Waals surface area contributed by atoms with Crippen molar-refractivity contribution in [3.63, 3.8) is 0 Å². The summed E-state index contributed by atoms with van der Waals surface area (Å²) in [5.74, 6) is 0.359. The Morgan fingerprint density at radius 1 is 1.21 bits per heavy atom. The third-order valence-electron chi connectivity index (χ3n) is 5.30. The normalized spacial score (nSPS) is 13.4. The van der Waals surface area contributed by atoms with Crippen molar-refractivity contribution in [2.75, 3.05) is 7.05 Å². The number of fused-ring (bicyclic) bond motifs is 1. The zero-order valence-corrected chi connectivity index (χ0v) is 16.2. The summed E-state index contributed by atoms with van der Waals surface area (Å²) >= 11 is 0. The molecule has 0 radical (unpaired) electrons. The third kappa shape index (κ3) is 3.37. The Bertz CT molecular complexity index is 1050. The number of H-pyrrole nitrogens is 1. The van der Waals surface area contributed by atoms with E-state index >= 15 is 0 Å². The van der Waals surface area contributed by atoms with Crippen LogP contribution in [0.3, 0.4) is 0 Å². The molecule has 0 unspecified atom stereocenters. The number of nitrogens with zero attached hydrogens (tertiary/aromatic N) is 5. The molecule has 0 saturated heterocycles. The highest BCUT2D eigenvalue weighted by Gasteiger charge is 2.21. The van der Waals surface area contributed by atoms with Gasteiger partial charge in [-0.05, 0) is 50.3 Å². The lowest BCUT2D eigenvalue weighted by atomic mass is 9.96. The van der Waals surface area contributed by atoms with Crippen molar-refractivity contribution in [3.05, 3.63) is 63.6 Å². The molecule has 0 fully saturated rings. The first kappa shape index (κ1) is 18.2. The number of benzene rings is 1. The van der Waals surface area contributed by atoms with Crippen molar-refractivity contribution in [2.45, 2.75) is 45.7 Å². The SMILES string of the molecule is Cc1nn(-c2ccccc2)c(=O)n1CC(=O)N(C)Cc1n[nH]c2c1CCCC2. The Labute approximate surface area is 162 Å². The number of nitrogens with one attached hydrogen (secondary N) is 1. The van der Waals surface area contributed by atoms with E-state index in [-0.39, 0.29) is 18.1 Å². The summed E-state index contributed by atoms with van der Waals surface area (Å²) in [4.78, 5) is 27.1. The molecule has 0 bridgehead atoms. The van der Waals surface area contributed by atoms with Gasteiger partial charge in [0.1, 0.15) is 12.4 Å². The molecule has 1 amide bonds. The fraction of sp³-hybridized carbons (Fsp3) is 0.400. The van der Waals surface area contributed by atoms with Gasteiger partial charge in [0.15, 0.2) is 0 Å². The van der Waals surface area contributed by atoms with Crippen LogP contribution in [-0.2, 0) is 30.7 Å². The molecule has 4 rings (SSSR count). The summed E-state index contributed by atoms with van der Waals surface area (Å²) < 4.78 is 2.73. The number of aryl methyl sites for hydroxylation is 2. The summed E-state index contributed by atoms with van der Waals surface area (Å²) in [5.41, 5.74) is 3.73. The van der Waals surface area contributed by atoms with Crippen LogP contribution in [0.5, 0.6) is 0 Å². The van der Waals surface area contributed by atoms with E-state index in [1.54, 1.807) is 18.9 Å². The Morgan fingerprint density at radius 2 is 1.96 bits per heavy atom. The lowest BCUT2D eigenvalue weighted by Gasteiger charge is -2.18. The van der Waals surface area contributed by atoms with Crippen LogP contribution in [0, 0.1) is 6.92 Å². The lowest BCUT2D eigenvalue weighted by molar-refractivity contribution is -0.131. The molecule has 0 saturated carbocycles. The molecule has 28 heavy (non-hydrogen) atoms. The van der Waals surface area contributed by atoms with Crippen LogP contribution in [0.2, 0.25) is 0 Å². The standard InChI is InChI=1S/C20H24N6O2/c1-14-23-26(15-8-4-3-5-9-15)20(28)25(14)13-19(27)24(2)12-18-16-10-6-7-11-17(16)21-22-18/h3-5,8-9H,6-7,10-13H2,1-2H3,(H,21,22). The number of para-hydroxylation sites is 1. The highest BCUT2D eigenvalue weighted by molar-refractivity contribution is 5.75. The fourth-order valence-corrected chi connectivity index (χ4v) is 3.66. The highest BCUT2D eigenvalue weighted by atomic mass is 16.2. The summed E-state index contributed by atoms with van der Waals surface area (Å²) in [6.45, 7) is 2.13. The van der Waals surface area contributed by atoms with Gasteiger partial charge < -0.3 is 4.90 Å². The van der Waals surface area contributed by atoms with Gasteiger partial charge >= 0.3 is 5.69 Å². The molecule has 146 valence electrons. The number of amides is 1. The number of likely N-dealkylation sites (N-methyl/N-ethyl adjacent to an activating group) is 1. The van der Waals surface area contributed by atoms with Crippen LogP contribution in [0.4, 0.5) is 0 Å². The van der Waals surface area contributed by atoms with Crippen molar-refractivity contribution >= 4 is 5.91 Å². The minimum absolute atomic E-state index is 0.0411. The first-order valence-electron chi connectivity index (χ1n) is 9.55. The van der Waals surface area contributed by atoms with Gasteiger partial charge in [-0.1, -0.05) is 18.2 Å². The molecule has 1 aliphatic carbocycles. The van der Waals surface area contributed by atoms with Crippen molar-refractivity contribution in [1.29, 1.82) is 0 Å². The fourth-order valence-electron chi connectivity index (χ4n) is 3.66. The van der Waals surface area contributed by atoms with Gasteiger partial charge in [0.05, 0.1) is 17.9 Å². The van der Waals surface area contributed by atoms with Crippen LogP contribution < -0.4 is 5.69 Å². The van der Waals surface area contributed by atoms with Crippen LogP contribution in [0.15, 0.2) is 35.1 Å². The van der Waals surface area contributed by atoms with Crippen molar-refractivity contribution in [2.24, 2.45) is 0 Å². The molecule has 1 aliphatic rings. The number of carbonyl (C=O) groups excluding carboxylic acids is 1. The minimum atomic E-state index is -0.317. The average molecular weight is 380 g/mol. The van der Waals surface area contributed by atoms with Crippen molar-refractivity contribution in [3.8, 4) is 5.69 Å². The maximum Gasteiger partial charge on any atom is 0.351 e. The van der Waals surface area contributed by atoms with E-state index in [2.05, 4.69) is 15.3 Å². The maximum atomic E-state index is 12.7. The number of hydrogen-bond donors (Lipinski definition) is 1. The van der Waals surface area contributed by atoms with E-state index in [0.717, 1.165) is 25.0 Å². The van der Waals surface area contributed by atoms with Crippen LogP contribution in [0.1, 0.15) is 35.6 Å². The monoisotopic (exact) mass is 380 g/mol. The van der Waals surface area contributed by atoms with E-state index in [0.29, 0.717) is 18.1 Å². The van der Waals surface area contributed by atoms with E-state index in [4.69, 9.17) is 0 Å². The summed E-state index contributed by atoms with van der Waals surface area (Å²) in [5, 5.41) is 11.8. The number of aromatic amines is 1. The van der Waals surface area contributed by atoms with Gasteiger partial charge in [-0.25, -0.2) is 4.79 Å². The zero-order chi connectivity index (χ0) is 19.7. The second kappa shape index (κ2) is 7.46. The minimum Gasteiger partial charge on any atom is -0.338 e. The molecule has 2 heterocycles. The molecule has 1 N–H and O–H groups in total. The van der Waals surface area contributed by atoms with Gasteiger partial charge in [0, 0.05) is 12.7 Å². The summed E-state index contributed by atoms with van der Waals surface area (Å²) in [7, 11) is 1.74. The molecule has 0 spiro atoms. The molecule has 0 atom stereocenters. The Hall–Kier alpha value is -3.16. The van der Waals surface area contributed by atoms with Crippen LogP contribution in [0.25, 0.3) is 5.69 Å². The molecule has 8 nitrogen and oxygen atoms in total. The molecular formula is C20H24N6O2.